The highest BCUT2D eigenvalue weighted by Gasteiger charge is 2.08. The lowest BCUT2D eigenvalue weighted by Gasteiger charge is -2.10. The average Bonchev–Trinajstić information content (AvgIpc) is 2.28. The Bertz CT molecular complexity index is 396. The molecular formula is C11H12N2O2. The van der Waals surface area contributed by atoms with Crippen LogP contribution in [0.2, 0.25) is 0 Å². The van der Waals surface area contributed by atoms with Gasteiger partial charge in [-0.15, -0.1) is 0 Å². The highest BCUT2D eigenvalue weighted by molar-refractivity contribution is 5.94. The molecule has 1 aromatic rings. The van der Waals surface area contributed by atoms with E-state index in [1.165, 1.54) is 6.07 Å². The number of rotatable bonds is 3. The van der Waals surface area contributed by atoms with E-state index >= 15 is 0 Å². The van der Waals surface area contributed by atoms with Gasteiger partial charge in [-0.25, -0.2) is 0 Å². The number of aliphatic hydroxyl groups is 1. The van der Waals surface area contributed by atoms with Crippen LogP contribution in [0.1, 0.15) is 22.8 Å². The minimum absolute atomic E-state index is 0.107. The van der Waals surface area contributed by atoms with Gasteiger partial charge in [0.05, 0.1) is 18.2 Å². The fourth-order valence-corrected chi connectivity index (χ4v) is 1.08. The maximum Gasteiger partial charge on any atom is 0.251 e. The smallest absolute Gasteiger partial charge is 0.251 e. The number of nitriles is 1. The number of benzene rings is 1. The van der Waals surface area contributed by atoms with Gasteiger partial charge in [0.25, 0.3) is 5.91 Å². The van der Waals surface area contributed by atoms with E-state index in [-0.39, 0.29) is 18.6 Å². The molecule has 1 amide bonds. The van der Waals surface area contributed by atoms with Crippen LogP contribution in [-0.2, 0) is 0 Å². The third kappa shape index (κ3) is 3.08. The van der Waals surface area contributed by atoms with Crippen LogP contribution >= 0.6 is 0 Å². The van der Waals surface area contributed by atoms with E-state index in [0.29, 0.717) is 11.1 Å². The van der Waals surface area contributed by atoms with Crippen molar-refractivity contribution in [3.8, 4) is 6.07 Å². The van der Waals surface area contributed by atoms with E-state index in [9.17, 15) is 4.79 Å². The maximum atomic E-state index is 11.6. The number of hydrogen-bond donors (Lipinski definition) is 2. The third-order valence-corrected chi connectivity index (χ3v) is 1.91. The number of hydrogen-bond acceptors (Lipinski definition) is 3. The normalized spacial score (nSPS) is 11.5. The standard InChI is InChI=1S/C11H12N2O2/c1-8(7-14)13-11(15)10-4-2-3-9(5-10)6-12/h2-5,8,14H,7H2,1H3,(H,13,15)/t8-/m0/s1. The van der Waals surface area contributed by atoms with Crippen LogP contribution in [0.15, 0.2) is 24.3 Å². The second-order valence-electron chi connectivity index (χ2n) is 3.25. The fourth-order valence-electron chi connectivity index (χ4n) is 1.08. The van der Waals surface area contributed by atoms with Gasteiger partial charge in [-0.1, -0.05) is 6.07 Å². The summed E-state index contributed by atoms with van der Waals surface area (Å²) in [5.41, 5.74) is 0.869. The summed E-state index contributed by atoms with van der Waals surface area (Å²) < 4.78 is 0. The first-order valence-electron chi connectivity index (χ1n) is 4.59. The minimum atomic E-state index is -0.289. The van der Waals surface area contributed by atoms with E-state index in [2.05, 4.69) is 5.32 Å². The molecule has 2 N–H and O–H groups in total. The zero-order chi connectivity index (χ0) is 11.3. The van der Waals surface area contributed by atoms with E-state index in [0.717, 1.165) is 0 Å². The summed E-state index contributed by atoms with van der Waals surface area (Å²) in [6, 6.07) is 8.09. The molecule has 15 heavy (non-hydrogen) atoms. The molecule has 78 valence electrons. The summed E-state index contributed by atoms with van der Waals surface area (Å²) in [4.78, 5) is 11.6. The van der Waals surface area contributed by atoms with Gasteiger partial charge >= 0.3 is 0 Å². The summed E-state index contributed by atoms with van der Waals surface area (Å²) in [7, 11) is 0. The highest BCUT2D eigenvalue weighted by Crippen LogP contribution is 2.04. The van der Waals surface area contributed by atoms with Gasteiger partial charge in [0, 0.05) is 11.6 Å². The van der Waals surface area contributed by atoms with Crippen molar-refractivity contribution in [1.29, 1.82) is 5.26 Å². The number of carbonyl (C=O) groups is 1. The zero-order valence-electron chi connectivity index (χ0n) is 8.40. The van der Waals surface area contributed by atoms with Crippen molar-refractivity contribution in [3.05, 3.63) is 35.4 Å². The molecule has 0 unspecified atom stereocenters. The molecule has 0 aliphatic rings. The van der Waals surface area contributed by atoms with Crippen LogP contribution < -0.4 is 5.32 Å². The Morgan fingerprint density at radius 1 is 1.67 bits per heavy atom. The van der Waals surface area contributed by atoms with Gasteiger partial charge in [0.15, 0.2) is 0 Å². The molecule has 4 nitrogen and oxygen atoms in total. The van der Waals surface area contributed by atoms with Crippen molar-refractivity contribution < 1.29 is 9.90 Å². The number of aliphatic hydroxyl groups excluding tert-OH is 1. The maximum absolute atomic E-state index is 11.6. The van der Waals surface area contributed by atoms with E-state index in [1.807, 2.05) is 6.07 Å². The van der Waals surface area contributed by atoms with E-state index in [1.54, 1.807) is 25.1 Å². The van der Waals surface area contributed by atoms with Gasteiger partial charge in [-0.05, 0) is 25.1 Å². The van der Waals surface area contributed by atoms with Crippen molar-refractivity contribution in [1.82, 2.24) is 5.32 Å². The van der Waals surface area contributed by atoms with E-state index < -0.39 is 0 Å². The zero-order valence-corrected chi connectivity index (χ0v) is 8.40. The lowest BCUT2D eigenvalue weighted by molar-refractivity contribution is 0.0922. The van der Waals surface area contributed by atoms with Crippen molar-refractivity contribution in [2.75, 3.05) is 6.61 Å². The molecule has 0 heterocycles. The van der Waals surface area contributed by atoms with Gasteiger partial charge < -0.3 is 10.4 Å². The lowest BCUT2D eigenvalue weighted by Crippen LogP contribution is -2.34. The van der Waals surface area contributed by atoms with Crippen molar-refractivity contribution >= 4 is 5.91 Å². The Morgan fingerprint density at radius 2 is 2.40 bits per heavy atom. The van der Waals surface area contributed by atoms with Gasteiger partial charge in [0.2, 0.25) is 0 Å². The summed E-state index contributed by atoms with van der Waals surface area (Å²) in [5, 5.41) is 20.0. The largest absolute Gasteiger partial charge is 0.394 e. The Hall–Kier alpha value is -1.86. The predicted molar refractivity (Wildman–Crippen MR) is 55.2 cm³/mol. The van der Waals surface area contributed by atoms with E-state index in [4.69, 9.17) is 10.4 Å². The van der Waals surface area contributed by atoms with Crippen molar-refractivity contribution in [2.45, 2.75) is 13.0 Å². The van der Waals surface area contributed by atoms with Crippen LogP contribution in [0.25, 0.3) is 0 Å². The highest BCUT2D eigenvalue weighted by atomic mass is 16.3. The SMILES string of the molecule is C[C@@H](CO)NC(=O)c1cccc(C#N)c1. The lowest BCUT2D eigenvalue weighted by atomic mass is 10.1. The third-order valence-electron chi connectivity index (χ3n) is 1.91. The average molecular weight is 204 g/mol. The summed E-state index contributed by atoms with van der Waals surface area (Å²) in [5.74, 6) is -0.284. The Labute approximate surface area is 88.2 Å². The predicted octanol–water partition coefficient (Wildman–Crippen LogP) is 0.669. The fraction of sp³-hybridized carbons (Fsp3) is 0.273. The second-order valence-corrected chi connectivity index (χ2v) is 3.25. The van der Waals surface area contributed by atoms with Crippen LogP contribution in [0, 0.1) is 11.3 Å². The van der Waals surface area contributed by atoms with Gasteiger partial charge in [-0.2, -0.15) is 5.26 Å². The molecule has 0 spiro atoms. The quantitative estimate of drug-likeness (QED) is 0.760. The summed E-state index contributed by atoms with van der Waals surface area (Å²) in [6.07, 6.45) is 0. The first-order valence-corrected chi connectivity index (χ1v) is 4.59. The molecule has 0 radical (unpaired) electrons. The topological polar surface area (TPSA) is 73.1 Å². The first-order chi connectivity index (χ1) is 7.17. The Kier molecular flexibility index (Phi) is 3.83. The molecule has 1 rings (SSSR count). The summed E-state index contributed by atoms with van der Waals surface area (Å²) in [6.45, 7) is 1.59. The molecule has 0 fully saturated rings. The molecular weight excluding hydrogens is 192 g/mol. The first kappa shape index (κ1) is 11.2. The molecule has 4 heteroatoms. The molecule has 0 saturated heterocycles. The number of nitrogens with one attached hydrogen (secondary N) is 1. The number of amides is 1. The van der Waals surface area contributed by atoms with Gasteiger partial charge in [-0.3, -0.25) is 4.79 Å². The Balaban J connectivity index is 2.78. The van der Waals surface area contributed by atoms with Crippen LogP contribution in [-0.4, -0.2) is 23.7 Å². The monoisotopic (exact) mass is 204 g/mol. The van der Waals surface area contributed by atoms with Crippen LogP contribution in [0.3, 0.4) is 0 Å². The van der Waals surface area contributed by atoms with Crippen LogP contribution in [0.5, 0.6) is 0 Å². The molecule has 0 bridgehead atoms. The van der Waals surface area contributed by atoms with Crippen molar-refractivity contribution in [3.63, 3.8) is 0 Å². The number of nitrogens with zero attached hydrogens (tertiary/aromatic N) is 1. The Morgan fingerprint density at radius 3 is 3.00 bits per heavy atom. The molecule has 0 saturated carbocycles. The van der Waals surface area contributed by atoms with Crippen molar-refractivity contribution in [2.24, 2.45) is 0 Å². The minimum Gasteiger partial charge on any atom is -0.394 e. The second kappa shape index (κ2) is 5.13. The number of carbonyl (C=O) groups excluding carboxylic acids is 1. The summed E-state index contributed by atoms with van der Waals surface area (Å²) >= 11 is 0. The van der Waals surface area contributed by atoms with Gasteiger partial charge in [0.1, 0.15) is 0 Å². The molecule has 0 aliphatic heterocycles. The molecule has 0 aliphatic carbocycles. The van der Waals surface area contributed by atoms with Crippen LogP contribution in [0.4, 0.5) is 0 Å². The molecule has 1 aromatic carbocycles. The molecule has 0 aromatic heterocycles. The molecule has 1 atom stereocenters.